The molecule has 0 radical (unpaired) electrons. The first-order valence-corrected chi connectivity index (χ1v) is 5.76. The van der Waals surface area contributed by atoms with E-state index in [4.69, 9.17) is 5.73 Å². The molecule has 2 rings (SSSR count). The lowest BCUT2D eigenvalue weighted by Crippen LogP contribution is -2.03. The summed E-state index contributed by atoms with van der Waals surface area (Å²) >= 11 is 2.25. The summed E-state index contributed by atoms with van der Waals surface area (Å²) in [5.74, 6) is 0. The largest absolute Gasteiger partial charge is 0.399 e. The molecule has 3 nitrogen and oxygen atoms in total. The standard InChI is InChI=1S/C11H12IN3/c1-8-9(3-2-4-11(8)13)6-15-7-10(12)5-14-15/h2-5,7H,6,13H2,1H3. The second-order valence-corrected chi connectivity index (χ2v) is 4.73. The lowest BCUT2D eigenvalue weighted by atomic mass is 10.1. The molecule has 0 spiro atoms. The van der Waals surface area contributed by atoms with Crippen LogP contribution in [-0.2, 0) is 6.54 Å². The average molecular weight is 313 g/mol. The number of nitrogen functional groups attached to an aromatic ring is 1. The van der Waals surface area contributed by atoms with E-state index in [1.165, 1.54) is 5.56 Å². The van der Waals surface area contributed by atoms with E-state index in [1.807, 2.05) is 36.1 Å². The van der Waals surface area contributed by atoms with Gasteiger partial charge in [-0.25, -0.2) is 0 Å². The molecule has 0 unspecified atom stereocenters. The van der Waals surface area contributed by atoms with Crippen molar-refractivity contribution in [3.8, 4) is 0 Å². The molecule has 0 bridgehead atoms. The predicted molar refractivity (Wildman–Crippen MR) is 69.6 cm³/mol. The van der Waals surface area contributed by atoms with Gasteiger partial charge < -0.3 is 5.73 Å². The van der Waals surface area contributed by atoms with E-state index in [9.17, 15) is 0 Å². The molecule has 1 heterocycles. The van der Waals surface area contributed by atoms with Crippen LogP contribution in [0.25, 0.3) is 0 Å². The van der Waals surface area contributed by atoms with Gasteiger partial charge in [0.2, 0.25) is 0 Å². The highest BCUT2D eigenvalue weighted by atomic mass is 127. The molecule has 0 amide bonds. The molecule has 0 aliphatic rings. The normalized spacial score (nSPS) is 10.5. The van der Waals surface area contributed by atoms with E-state index in [2.05, 4.69) is 33.8 Å². The lowest BCUT2D eigenvalue weighted by molar-refractivity contribution is 0.684. The molecule has 0 fully saturated rings. The second-order valence-electron chi connectivity index (χ2n) is 3.49. The summed E-state index contributed by atoms with van der Waals surface area (Å²) in [7, 11) is 0. The van der Waals surface area contributed by atoms with Gasteiger partial charge in [0.25, 0.3) is 0 Å². The number of hydrogen-bond acceptors (Lipinski definition) is 2. The molecule has 2 N–H and O–H groups in total. The first-order valence-electron chi connectivity index (χ1n) is 4.69. The van der Waals surface area contributed by atoms with Crippen molar-refractivity contribution >= 4 is 28.3 Å². The molecule has 0 saturated heterocycles. The molecule has 1 aromatic carbocycles. The van der Waals surface area contributed by atoms with Crippen LogP contribution in [-0.4, -0.2) is 9.78 Å². The monoisotopic (exact) mass is 313 g/mol. The zero-order valence-electron chi connectivity index (χ0n) is 8.44. The van der Waals surface area contributed by atoms with E-state index < -0.39 is 0 Å². The van der Waals surface area contributed by atoms with E-state index in [0.29, 0.717) is 0 Å². The fourth-order valence-corrected chi connectivity index (χ4v) is 1.92. The summed E-state index contributed by atoms with van der Waals surface area (Å²) in [6.07, 6.45) is 3.87. The lowest BCUT2D eigenvalue weighted by Gasteiger charge is -2.07. The quantitative estimate of drug-likeness (QED) is 0.683. The van der Waals surface area contributed by atoms with E-state index >= 15 is 0 Å². The number of nitrogens with two attached hydrogens (primary N) is 1. The second kappa shape index (κ2) is 4.22. The minimum absolute atomic E-state index is 0.778. The molecular formula is C11H12IN3. The van der Waals surface area contributed by atoms with Crippen molar-refractivity contribution in [3.05, 3.63) is 45.3 Å². The van der Waals surface area contributed by atoms with Crippen LogP contribution in [0.5, 0.6) is 0 Å². The van der Waals surface area contributed by atoms with Crippen molar-refractivity contribution in [2.24, 2.45) is 0 Å². The van der Waals surface area contributed by atoms with Gasteiger partial charge in [-0.15, -0.1) is 0 Å². The average Bonchev–Trinajstić information content (AvgIpc) is 2.59. The maximum atomic E-state index is 5.85. The molecule has 0 aliphatic carbocycles. The Morgan fingerprint density at radius 2 is 2.27 bits per heavy atom. The minimum Gasteiger partial charge on any atom is -0.399 e. The van der Waals surface area contributed by atoms with Gasteiger partial charge in [-0.3, -0.25) is 4.68 Å². The first kappa shape index (κ1) is 10.5. The third-order valence-corrected chi connectivity index (χ3v) is 2.98. The highest BCUT2D eigenvalue weighted by Gasteiger charge is 2.02. The molecule has 0 aliphatic heterocycles. The van der Waals surface area contributed by atoms with Gasteiger partial charge in [0.1, 0.15) is 0 Å². The van der Waals surface area contributed by atoms with Crippen molar-refractivity contribution in [3.63, 3.8) is 0 Å². The molecule has 0 atom stereocenters. The van der Waals surface area contributed by atoms with Crippen LogP contribution in [0.3, 0.4) is 0 Å². The Morgan fingerprint density at radius 3 is 2.93 bits per heavy atom. The SMILES string of the molecule is Cc1c(N)cccc1Cn1cc(I)cn1. The Kier molecular flexibility index (Phi) is 2.95. The third kappa shape index (κ3) is 2.31. The molecule has 15 heavy (non-hydrogen) atoms. The highest BCUT2D eigenvalue weighted by molar-refractivity contribution is 14.1. The van der Waals surface area contributed by atoms with Gasteiger partial charge in [-0.2, -0.15) is 5.10 Å². The Labute approximate surface area is 102 Å². The maximum Gasteiger partial charge on any atom is 0.0663 e. The van der Waals surface area contributed by atoms with Crippen molar-refractivity contribution < 1.29 is 0 Å². The van der Waals surface area contributed by atoms with Gasteiger partial charge in [-0.1, -0.05) is 12.1 Å². The van der Waals surface area contributed by atoms with Crippen LogP contribution in [0, 0.1) is 10.5 Å². The van der Waals surface area contributed by atoms with Gasteiger partial charge in [0.15, 0.2) is 0 Å². The number of benzene rings is 1. The van der Waals surface area contributed by atoms with E-state index in [0.717, 1.165) is 21.4 Å². The zero-order chi connectivity index (χ0) is 10.8. The Bertz CT molecular complexity index is 476. The van der Waals surface area contributed by atoms with E-state index in [1.54, 1.807) is 0 Å². The predicted octanol–water partition coefficient (Wildman–Crippen LogP) is 2.43. The topological polar surface area (TPSA) is 43.8 Å². The van der Waals surface area contributed by atoms with Gasteiger partial charge >= 0.3 is 0 Å². The number of halogens is 1. The fourth-order valence-electron chi connectivity index (χ4n) is 1.47. The minimum atomic E-state index is 0.778. The summed E-state index contributed by atoms with van der Waals surface area (Å²) in [4.78, 5) is 0. The number of aromatic nitrogens is 2. The molecule has 78 valence electrons. The Morgan fingerprint density at radius 1 is 1.47 bits per heavy atom. The van der Waals surface area contributed by atoms with Crippen LogP contribution < -0.4 is 5.73 Å². The first-order chi connectivity index (χ1) is 7.16. The van der Waals surface area contributed by atoms with Gasteiger partial charge in [-0.05, 0) is 46.7 Å². The van der Waals surface area contributed by atoms with Crippen molar-refractivity contribution in [1.29, 1.82) is 0 Å². The van der Waals surface area contributed by atoms with Crippen molar-refractivity contribution in [2.75, 3.05) is 5.73 Å². The molecule has 4 heteroatoms. The summed E-state index contributed by atoms with van der Waals surface area (Å²) in [5, 5.41) is 4.25. The smallest absolute Gasteiger partial charge is 0.0663 e. The Hall–Kier alpha value is -1.04. The Balaban J connectivity index is 2.28. The van der Waals surface area contributed by atoms with Crippen LogP contribution in [0.15, 0.2) is 30.6 Å². The van der Waals surface area contributed by atoms with Crippen molar-refractivity contribution in [2.45, 2.75) is 13.5 Å². The number of rotatable bonds is 2. The maximum absolute atomic E-state index is 5.85. The number of nitrogens with zero attached hydrogens (tertiary/aromatic N) is 2. The highest BCUT2D eigenvalue weighted by Crippen LogP contribution is 2.16. The van der Waals surface area contributed by atoms with Crippen LogP contribution in [0.2, 0.25) is 0 Å². The van der Waals surface area contributed by atoms with Crippen molar-refractivity contribution in [1.82, 2.24) is 9.78 Å². The number of anilines is 1. The summed E-state index contributed by atoms with van der Waals surface area (Å²) in [6.45, 7) is 2.82. The van der Waals surface area contributed by atoms with Gasteiger partial charge in [0.05, 0.1) is 16.3 Å². The summed E-state index contributed by atoms with van der Waals surface area (Å²) < 4.78 is 3.07. The summed E-state index contributed by atoms with van der Waals surface area (Å²) in [5.41, 5.74) is 9.05. The number of hydrogen-bond donors (Lipinski definition) is 1. The molecular weight excluding hydrogens is 301 g/mol. The van der Waals surface area contributed by atoms with Crippen LogP contribution >= 0.6 is 22.6 Å². The van der Waals surface area contributed by atoms with E-state index in [-0.39, 0.29) is 0 Å². The molecule has 0 saturated carbocycles. The molecule has 2 aromatic rings. The third-order valence-electron chi connectivity index (χ3n) is 2.42. The zero-order valence-corrected chi connectivity index (χ0v) is 10.6. The van der Waals surface area contributed by atoms with Crippen LogP contribution in [0.1, 0.15) is 11.1 Å². The fraction of sp³-hybridized carbons (Fsp3) is 0.182. The molecule has 1 aromatic heterocycles. The van der Waals surface area contributed by atoms with Crippen LogP contribution in [0.4, 0.5) is 5.69 Å². The summed E-state index contributed by atoms with van der Waals surface area (Å²) in [6, 6.07) is 5.98. The van der Waals surface area contributed by atoms with Gasteiger partial charge in [0, 0.05) is 11.9 Å².